The molecule has 60 heavy (non-hydrogen) atoms. The summed E-state index contributed by atoms with van der Waals surface area (Å²) in [7, 11) is 0. The Morgan fingerprint density at radius 1 is 0.783 bits per heavy atom. The first-order chi connectivity index (χ1) is 29.1. The van der Waals surface area contributed by atoms with Crippen molar-refractivity contribution in [2.75, 3.05) is 70.4 Å². The third kappa shape index (κ3) is 9.20. The van der Waals surface area contributed by atoms with E-state index in [0.717, 1.165) is 82.9 Å². The highest BCUT2D eigenvalue weighted by atomic mass is 16.5. The van der Waals surface area contributed by atoms with Crippen molar-refractivity contribution in [3.8, 4) is 17.2 Å². The molecular formula is C45H57N9O6. The van der Waals surface area contributed by atoms with Crippen LogP contribution in [0.25, 0.3) is 5.70 Å². The molecule has 5 heterocycles. The molecule has 3 aromatic rings. The lowest BCUT2D eigenvalue weighted by atomic mass is 9.89. The zero-order valence-corrected chi connectivity index (χ0v) is 34.1. The van der Waals surface area contributed by atoms with Gasteiger partial charge in [-0.1, -0.05) is 30.3 Å². The summed E-state index contributed by atoms with van der Waals surface area (Å²) < 4.78 is 12.1. The van der Waals surface area contributed by atoms with Crippen LogP contribution in [-0.4, -0.2) is 126 Å². The van der Waals surface area contributed by atoms with Crippen LogP contribution < -0.4 is 36.9 Å². The number of para-hydroxylation sites is 1. The van der Waals surface area contributed by atoms with Gasteiger partial charge >= 0.3 is 6.03 Å². The van der Waals surface area contributed by atoms with Gasteiger partial charge in [0, 0.05) is 107 Å². The molecule has 5 aliphatic heterocycles. The quantitative estimate of drug-likeness (QED) is 0.140. The Kier molecular flexibility index (Phi) is 12.2. The number of rotatable bonds is 11. The van der Waals surface area contributed by atoms with Gasteiger partial charge in [0.2, 0.25) is 5.91 Å². The molecule has 15 heteroatoms. The number of benzene rings is 3. The molecular weight excluding hydrogens is 763 g/mol. The normalized spacial score (nSPS) is 22.7. The number of likely N-dealkylation sites (tertiary alicyclic amines) is 2. The van der Waals surface area contributed by atoms with Crippen molar-refractivity contribution in [3.05, 3.63) is 102 Å². The molecule has 4 amide bonds. The predicted molar refractivity (Wildman–Crippen MR) is 229 cm³/mol. The molecule has 15 nitrogen and oxygen atoms in total. The Labute approximate surface area is 351 Å². The Balaban J connectivity index is 0.762. The minimum Gasteiger partial charge on any atom is -0.507 e. The number of urea groups is 1. The van der Waals surface area contributed by atoms with Crippen LogP contribution in [-0.2, 0) is 9.59 Å². The standard InChI is InChI=1S/C45H57N9O6/c46-38(37-6-1-2-7-40(37)55)27-39(43(47)48)53-28-33-10-11-34(29-53)54(33)32-4-3-5-36(26-32)59-25-24-50-20-22-52(23-21-50)45(58)51-18-16-31(17-19-51)30-8-12-35(13-9-30)60-41-14-15-42(56)49-44(41)57/h1-9,12-13,26-27,31,33-34,41,55H,10-11,14-25,28-29,46-48H2,(H,49,56,57)/b38-27-. The van der Waals surface area contributed by atoms with Gasteiger partial charge in [-0.05, 0) is 79.6 Å². The van der Waals surface area contributed by atoms with Gasteiger partial charge in [-0.25, -0.2) is 4.79 Å². The number of hydrogen-bond donors (Lipinski definition) is 5. The summed E-state index contributed by atoms with van der Waals surface area (Å²) >= 11 is 0. The highest BCUT2D eigenvalue weighted by molar-refractivity contribution is 5.99. The van der Waals surface area contributed by atoms with E-state index in [1.165, 1.54) is 5.56 Å². The van der Waals surface area contributed by atoms with E-state index < -0.39 is 6.10 Å². The van der Waals surface area contributed by atoms with Crippen LogP contribution in [0.1, 0.15) is 55.6 Å². The third-order valence-corrected chi connectivity index (χ3v) is 12.6. The Bertz CT molecular complexity index is 2080. The zero-order valence-electron chi connectivity index (χ0n) is 34.1. The fraction of sp³-hybridized carbons (Fsp3) is 0.444. The number of carbonyl (C=O) groups excluding carboxylic acids is 3. The lowest BCUT2D eigenvalue weighted by Gasteiger charge is -2.44. The second-order valence-corrected chi connectivity index (χ2v) is 16.5. The van der Waals surface area contributed by atoms with Crippen LogP contribution in [0.4, 0.5) is 10.5 Å². The lowest BCUT2D eigenvalue weighted by Crippen LogP contribution is -2.54. The number of imide groups is 1. The number of nitrogens with one attached hydrogen (secondary N) is 1. The maximum absolute atomic E-state index is 13.5. The topological polar surface area (TPSA) is 196 Å². The van der Waals surface area contributed by atoms with Gasteiger partial charge in [0.15, 0.2) is 6.10 Å². The number of hydrogen-bond acceptors (Lipinski definition) is 12. The number of nitrogens with two attached hydrogens (primary N) is 3. The molecule has 5 fully saturated rings. The molecule has 5 aliphatic rings. The number of piperidine rings is 2. The van der Waals surface area contributed by atoms with Crippen molar-refractivity contribution in [3.63, 3.8) is 0 Å². The average Bonchev–Trinajstić information content (AvgIpc) is 3.53. The van der Waals surface area contributed by atoms with Gasteiger partial charge in [0.05, 0.1) is 5.70 Å². The molecule has 0 spiro atoms. The fourth-order valence-electron chi connectivity index (χ4n) is 9.38. The third-order valence-electron chi connectivity index (χ3n) is 12.6. The van der Waals surface area contributed by atoms with Gasteiger partial charge in [-0.15, -0.1) is 0 Å². The second kappa shape index (κ2) is 18.0. The first-order valence-electron chi connectivity index (χ1n) is 21.2. The Hall–Kier alpha value is -6.09. The fourth-order valence-corrected chi connectivity index (χ4v) is 9.38. The number of nitrogens with zero attached hydrogens (tertiary/aromatic N) is 5. The van der Waals surface area contributed by atoms with Crippen molar-refractivity contribution < 1.29 is 29.0 Å². The van der Waals surface area contributed by atoms with E-state index in [1.807, 2.05) is 46.2 Å². The van der Waals surface area contributed by atoms with E-state index >= 15 is 0 Å². The van der Waals surface area contributed by atoms with Gasteiger partial charge < -0.3 is 51.4 Å². The number of phenolic OH excluding ortho intramolecular Hbond substituents is 1. The van der Waals surface area contributed by atoms with Gasteiger partial charge in [-0.2, -0.15) is 0 Å². The molecule has 0 saturated carbocycles. The van der Waals surface area contributed by atoms with Gasteiger partial charge in [0.1, 0.15) is 29.7 Å². The maximum atomic E-state index is 13.5. The SMILES string of the molecule is NC(N)=C(/C=C(\N)c1ccccc1O)N1CC2CCC(C1)N2c1cccc(OCCN2CCN(C(=O)N3CCC(c4ccc(OC5CCC(=O)NC5=O)cc4)CC3)CC2)c1. The number of amides is 4. The van der Waals surface area contributed by atoms with Crippen molar-refractivity contribution in [2.24, 2.45) is 17.2 Å². The number of anilines is 1. The first kappa shape index (κ1) is 40.7. The predicted octanol–water partition coefficient (Wildman–Crippen LogP) is 3.31. The molecule has 2 bridgehead atoms. The summed E-state index contributed by atoms with van der Waals surface area (Å²) in [6, 6.07) is 23.8. The molecule has 3 unspecified atom stereocenters. The summed E-state index contributed by atoms with van der Waals surface area (Å²) in [6.45, 7) is 7.28. The summed E-state index contributed by atoms with van der Waals surface area (Å²) in [4.78, 5) is 48.0. The van der Waals surface area contributed by atoms with E-state index in [1.54, 1.807) is 24.3 Å². The highest BCUT2D eigenvalue weighted by Crippen LogP contribution is 2.38. The molecule has 0 radical (unpaired) electrons. The van der Waals surface area contributed by atoms with E-state index in [0.29, 0.717) is 54.7 Å². The smallest absolute Gasteiger partial charge is 0.320 e. The number of carbonyl (C=O) groups is 3. The van der Waals surface area contributed by atoms with Crippen LogP contribution in [0.3, 0.4) is 0 Å². The monoisotopic (exact) mass is 819 g/mol. The molecule has 3 aromatic carbocycles. The molecule has 8 rings (SSSR count). The van der Waals surface area contributed by atoms with Crippen molar-refractivity contribution in [1.29, 1.82) is 0 Å². The van der Waals surface area contributed by atoms with Crippen molar-refractivity contribution in [2.45, 2.75) is 62.6 Å². The average molecular weight is 820 g/mol. The summed E-state index contributed by atoms with van der Waals surface area (Å²) in [6.07, 6.45) is 5.68. The van der Waals surface area contributed by atoms with Crippen LogP contribution >= 0.6 is 0 Å². The van der Waals surface area contributed by atoms with Crippen LogP contribution in [0.2, 0.25) is 0 Å². The maximum Gasteiger partial charge on any atom is 0.320 e. The molecule has 0 aromatic heterocycles. The van der Waals surface area contributed by atoms with E-state index in [-0.39, 0.29) is 47.9 Å². The van der Waals surface area contributed by atoms with Gasteiger partial charge in [-0.3, -0.25) is 19.8 Å². The zero-order chi connectivity index (χ0) is 41.8. The second-order valence-electron chi connectivity index (χ2n) is 16.5. The number of piperazine rings is 2. The molecule has 5 saturated heterocycles. The highest BCUT2D eigenvalue weighted by Gasteiger charge is 2.41. The summed E-state index contributed by atoms with van der Waals surface area (Å²) in [5, 5.41) is 12.7. The van der Waals surface area contributed by atoms with Crippen LogP contribution in [0.5, 0.6) is 17.2 Å². The summed E-state index contributed by atoms with van der Waals surface area (Å²) in [5.41, 5.74) is 22.8. The molecule has 8 N–H and O–H groups in total. The number of aromatic hydroxyl groups is 1. The molecule has 0 aliphatic carbocycles. The summed E-state index contributed by atoms with van der Waals surface area (Å²) in [5.74, 6) is 1.47. The van der Waals surface area contributed by atoms with Crippen LogP contribution in [0, 0.1) is 0 Å². The number of phenols is 1. The lowest BCUT2D eigenvalue weighted by molar-refractivity contribution is -0.138. The first-order valence-corrected chi connectivity index (χ1v) is 21.2. The van der Waals surface area contributed by atoms with E-state index in [9.17, 15) is 19.5 Å². The minimum absolute atomic E-state index is 0.107. The van der Waals surface area contributed by atoms with Gasteiger partial charge in [0.25, 0.3) is 5.91 Å². The van der Waals surface area contributed by atoms with Crippen molar-refractivity contribution >= 4 is 29.2 Å². The Morgan fingerprint density at radius 2 is 1.48 bits per heavy atom. The molecule has 3 atom stereocenters. The van der Waals surface area contributed by atoms with E-state index in [2.05, 4.69) is 38.2 Å². The molecule has 318 valence electrons. The van der Waals surface area contributed by atoms with Crippen LogP contribution in [0.15, 0.2) is 90.4 Å². The number of ether oxygens (including phenoxy) is 2. The number of allylic oxidation sites excluding steroid dienone is 1. The number of fused-ring (bicyclic) bond motifs is 2. The van der Waals surface area contributed by atoms with Crippen molar-refractivity contribution in [1.82, 2.24) is 24.9 Å². The largest absolute Gasteiger partial charge is 0.507 e. The van der Waals surface area contributed by atoms with E-state index in [4.69, 9.17) is 26.7 Å². The minimum atomic E-state index is -0.651. The Morgan fingerprint density at radius 3 is 2.17 bits per heavy atom.